The van der Waals surface area contributed by atoms with Gasteiger partial charge in [0, 0.05) is 25.0 Å². The van der Waals surface area contributed by atoms with Crippen LogP contribution in [0, 0.1) is 5.41 Å². The number of rotatable bonds is 5. The summed E-state index contributed by atoms with van der Waals surface area (Å²) in [5, 5.41) is 3.45. The zero-order chi connectivity index (χ0) is 14.5. The summed E-state index contributed by atoms with van der Waals surface area (Å²) in [6.07, 6.45) is 11.8. The van der Waals surface area contributed by atoms with Crippen LogP contribution in [0.1, 0.15) is 57.6 Å². The lowest BCUT2D eigenvalue weighted by molar-refractivity contribution is 0.103. The lowest BCUT2D eigenvalue weighted by atomic mass is 9.77. The van der Waals surface area contributed by atoms with Gasteiger partial charge in [-0.2, -0.15) is 0 Å². The van der Waals surface area contributed by atoms with Crippen LogP contribution in [0.5, 0.6) is 0 Å². The summed E-state index contributed by atoms with van der Waals surface area (Å²) in [5.41, 5.74) is 3.14. The number of likely N-dealkylation sites (tertiary alicyclic amines) is 1. The minimum atomic E-state index is 0.717. The normalized spacial score (nSPS) is 21.8. The molecule has 3 nitrogen and oxygen atoms in total. The summed E-state index contributed by atoms with van der Waals surface area (Å²) in [6.45, 7) is 6.76. The molecule has 0 radical (unpaired) electrons. The van der Waals surface area contributed by atoms with Crippen molar-refractivity contribution >= 4 is 5.69 Å². The van der Waals surface area contributed by atoms with E-state index in [0.717, 1.165) is 19.5 Å². The molecule has 1 aliphatic carbocycles. The Morgan fingerprint density at radius 2 is 1.95 bits per heavy atom. The van der Waals surface area contributed by atoms with Gasteiger partial charge in [-0.15, -0.1) is 0 Å². The molecule has 1 aromatic rings. The topological polar surface area (TPSA) is 28.2 Å². The Morgan fingerprint density at radius 3 is 2.67 bits per heavy atom. The molecule has 0 bridgehead atoms. The molecule has 2 aliphatic rings. The van der Waals surface area contributed by atoms with Gasteiger partial charge in [-0.05, 0) is 62.7 Å². The van der Waals surface area contributed by atoms with Crippen molar-refractivity contribution in [3.63, 3.8) is 0 Å². The van der Waals surface area contributed by atoms with Crippen LogP contribution in [0.15, 0.2) is 18.3 Å². The predicted molar refractivity (Wildman–Crippen MR) is 88.4 cm³/mol. The van der Waals surface area contributed by atoms with Gasteiger partial charge in [0.05, 0.1) is 5.69 Å². The minimum Gasteiger partial charge on any atom is -0.385 e. The van der Waals surface area contributed by atoms with Gasteiger partial charge in [0.2, 0.25) is 0 Å². The predicted octanol–water partition coefficient (Wildman–Crippen LogP) is 4.06. The van der Waals surface area contributed by atoms with E-state index in [4.69, 9.17) is 0 Å². The summed E-state index contributed by atoms with van der Waals surface area (Å²) in [7, 11) is 0. The van der Waals surface area contributed by atoms with Crippen molar-refractivity contribution < 1.29 is 0 Å². The molecule has 0 aromatic carbocycles. The van der Waals surface area contributed by atoms with Crippen molar-refractivity contribution in [1.82, 2.24) is 9.88 Å². The number of nitrogens with one attached hydrogen (secondary N) is 1. The molecule has 2 fully saturated rings. The van der Waals surface area contributed by atoms with Gasteiger partial charge in [0.25, 0.3) is 0 Å². The summed E-state index contributed by atoms with van der Waals surface area (Å²) in [4.78, 5) is 7.14. The van der Waals surface area contributed by atoms with Crippen molar-refractivity contribution in [2.24, 2.45) is 5.41 Å². The van der Waals surface area contributed by atoms with Crippen LogP contribution in [0.2, 0.25) is 0 Å². The maximum atomic E-state index is 4.55. The Morgan fingerprint density at radius 1 is 1.19 bits per heavy atom. The van der Waals surface area contributed by atoms with E-state index >= 15 is 0 Å². The fourth-order valence-corrected chi connectivity index (χ4v) is 3.98. The van der Waals surface area contributed by atoms with E-state index in [9.17, 15) is 0 Å². The van der Waals surface area contributed by atoms with Crippen molar-refractivity contribution in [3.05, 3.63) is 24.0 Å². The second kappa shape index (κ2) is 6.78. The number of pyridine rings is 1. The molecule has 3 heteroatoms. The third kappa shape index (κ3) is 3.76. The van der Waals surface area contributed by atoms with E-state index in [1.165, 1.54) is 63.0 Å². The Bertz CT molecular complexity index is 442. The molecule has 0 amide bonds. The number of piperidine rings is 1. The molecule has 3 rings (SSSR count). The molecule has 1 N–H and O–H groups in total. The standard InChI is InChI=1S/C18H29N3/c1-2-10-19-16-5-11-20-17(14-16)15-21-12-8-18(9-13-21)6-3-4-7-18/h5,11,14H,2-4,6-10,12-13,15H2,1H3,(H,19,20). The molecular weight excluding hydrogens is 258 g/mol. The van der Waals surface area contributed by atoms with Crippen LogP contribution >= 0.6 is 0 Å². The van der Waals surface area contributed by atoms with Gasteiger partial charge < -0.3 is 5.32 Å². The van der Waals surface area contributed by atoms with Crippen molar-refractivity contribution in [2.45, 2.75) is 58.4 Å². The molecule has 1 saturated heterocycles. The van der Waals surface area contributed by atoms with E-state index in [1.54, 1.807) is 0 Å². The van der Waals surface area contributed by atoms with E-state index < -0.39 is 0 Å². The first kappa shape index (κ1) is 14.8. The van der Waals surface area contributed by atoms with E-state index in [1.807, 2.05) is 6.20 Å². The van der Waals surface area contributed by atoms with Crippen molar-refractivity contribution in [2.75, 3.05) is 25.0 Å². The lowest BCUT2D eigenvalue weighted by Crippen LogP contribution is -2.38. The zero-order valence-electron chi connectivity index (χ0n) is 13.4. The van der Waals surface area contributed by atoms with Crippen LogP contribution in [0.4, 0.5) is 5.69 Å². The van der Waals surface area contributed by atoms with Crippen LogP contribution in [0.3, 0.4) is 0 Å². The highest BCUT2D eigenvalue weighted by atomic mass is 15.1. The average molecular weight is 287 g/mol. The van der Waals surface area contributed by atoms with Crippen LogP contribution in [-0.2, 0) is 6.54 Å². The van der Waals surface area contributed by atoms with Gasteiger partial charge >= 0.3 is 0 Å². The van der Waals surface area contributed by atoms with E-state index in [2.05, 4.69) is 34.3 Å². The second-order valence-electron chi connectivity index (χ2n) is 6.95. The molecule has 1 aliphatic heterocycles. The summed E-state index contributed by atoms with van der Waals surface area (Å²) in [5.74, 6) is 0. The summed E-state index contributed by atoms with van der Waals surface area (Å²) >= 11 is 0. The molecule has 0 atom stereocenters. The first-order valence-corrected chi connectivity index (χ1v) is 8.71. The maximum Gasteiger partial charge on any atom is 0.0564 e. The van der Waals surface area contributed by atoms with Crippen LogP contribution < -0.4 is 5.32 Å². The highest BCUT2D eigenvalue weighted by Crippen LogP contribution is 2.46. The SMILES string of the molecule is CCCNc1ccnc(CN2CCC3(CCCC3)CC2)c1. The van der Waals surface area contributed by atoms with E-state index in [-0.39, 0.29) is 0 Å². The van der Waals surface area contributed by atoms with Crippen molar-refractivity contribution in [3.8, 4) is 0 Å². The summed E-state index contributed by atoms with van der Waals surface area (Å²) in [6, 6.07) is 4.29. The zero-order valence-corrected chi connectivity index (χ0v) is 13.4. The Labute approximate surface area is 129 Å². The summed E-state index contributed by atoms with van der Waals surface area (Å²) < 4.78 is 0. The smallest absolute Gasteiger partial charge is 0.0564 e. The number of hydrogen-bond donors (Lipinski definition) is 1. The number of anilines is 1. The first-order chi connectivity index (χ1) is 10.3. The molecular formula is C18H29N3. The van der Waals surface area contributed by atoms with Gasteiger partial charge in [-0.1, -0.05) is 19.8 Å². The first-order valence-electron chi connectivity index (χ1n) is 8.71. The monoisotopic (exact) mass is 287 g/mol. The maximum absolute atomic E-state index is 4.55. The van der Waals surface area contributed by atoms with Gasteiger partial charge in [-0.25, -0.2) is 0 Å². The quantitative estimate of drug-likeness (QED) is 0.885. The molecule has 1 saturated carbocycles. The third-order valence-corrected chi connectivity index (χ3v) is 5.36. The van der Waals surface area contributed by atoms with Gasteiger partial charge in [0.15, 0.2) is 0 Å². The van der Waals surface area contributed by atoms with Crippen molar-refractivity contribution in [1.29, 1.82) is 0 Å². The molecule has 0 unspecified atom stereocenters. The number of nitrogens with zero attached hydrogens (tertiary/aromatic N) is 2. The molecule has 1 aromatic heterocycles. The van der Waals surface area contributed by atoms with E-state index in [0.29, 0.717) is 5.41 Å². The molecule has 1 spiro atoms. The molecule has 116 valence electrons. The third-order valence-electron chi connectivity index (χ3n) is 5.36. The van der Waals surface area contributed by atoms with Gasteiger partial charge in [0.1, 0.15) is 0 Å². The highest BCUT2D eigenvalue weighted by Gasteiger charge is 2.36. The Hall–Kier alpha value is -1.09. The molecule has 2 heterocycles. The fraction of sp³-hybridized carbons (Fsp3) is 0.722. The molecule has 21 heavy (non-hydrogen) atoms. The number of aromatic nitrogens is 1. The largest absolute Gasteiger partial charge is 0.385 e. The number of hydrogen-bond acceptors (Lipinski definition) is 3. The highest BCUT2D eigenvalue weighted by molar-refractivity contribution is 5.43. The fourth-order valence-electron chi connectivity index (χ4n) is 3.98. The van der Waals surface area contributed by atoms with Crippen LogP contribution in [0.25, 0.3) is 0 Å². The lowest BCUT2D eigenvalue weighted by Gasteiger charge is -2.39. The van der Waals surface area contributed by atoms with Gasteiger partial charge in [-0.3, -0.25) is 9.88 Å². The Balaban J connectivity index is 1.53. The average Bonchev–Trinajstić information content (AvgIpc) is 2.97. The van der Waals surface area contributed by atoms with Crippen LogP contribution in [-0.4, -0.2) is 29.5 Å². The Kier molecular flexibility index (Phi) is 4.79. The second-order valence-corrected chi connectivity index (χ2v) is 6.95. The minimum absolute atomic E-state index is 0.717.